The molecule has 1 aromatic heterocycles. The van der Waals surface area contributed by atoms with E-state index in [1.807, 2.05) is 13.1 Å². The van der Waals surface area contributed by atoms with Crippen molar-refractivity contribution in [3.05, 3.63) is 23.4 Å². The van der Waals surface area contributed by atoms with Crippen molar-refractivity contribution in [3.8, 4) is 0 Å². The Morgan fingerprint density at radius 1 is 1.33 bits per heavy atom. The highest BCUT2D eigenvalue weighted by molar-refractivity contribution is 5.47. The molecule has 1 aromatic rings. The van der Waals surface area contributed by atoms with Crippen LogP contribution in [0.5, 0.6) is 0 Å². The van der Waals surface area contributed by atoms with E-state index in [-0.39, 0.29) is 6.04 Å². The van der Waals surface area contributed by atoms with Gasteiger partial charge in [0.05, 0.1) is 0 Å². The van der Waals surface area contributed by atoms with E-state index in [9.17, 15) is 0 Å². The zero-order valence-corrected chi connectivity index (χ0v) is 14.1. The molecule has 3 nitrogen and oxygen atoms in total. The van der Waals surface area contributed by atoms with E-state index in [0.29, 0.717) is 6.04 Å². The van der Waals surface area contributed by atoms with E-state index in [0.717, 1.165) is 18.2 Å². The molecule has 2 rings (SSSR count). The first-order valence-corrected chi connectivity index (χ1v) is 8.45. The first-order chi connectivity index (χ1) is 10.0. The number of hydrogen-bond donors (Lipinski definition) is 1. The summed E-state index contributed by atoms with van der Waals surface area (Å²) in [6, 6.07) is 3.09. The summed E-state index contributed by atoms with van der Waals surface area (Å²) in [4.78, 5) is 7.12. The lowest BCUT2D eigenvalue weighted by atomic mass is 9.84. The zero-order valence-electron chi connectivity index (χ0n) is 14.1. The Morgan fingerprint density at radius 3 is 2.52 bits per heavy atom. The van der Waals surface area contributed by atoms with Gasteiger partial charge in [0.2, 0.25) is 0 Å². The molecule has 0 aliphatic heterocycles. The largest absolute Gasteiger partial charge is 0.356 e. The molecule has 0 saturated heterocycles. The summed E-state index contributed by atoms with van der Waals surface area (Å²) < 4.78 is 0. The smallest absolute Gasteiger partial charge is 0.131 e. The number of rotatable bonds is 5. The molecule has 1 atom stereocenters. The molecule has 1 aliphatic carbocycles. The van der Waals surface area contributed by atoms with Crippen molar-refractivity contribution in [2.45, 2.75) is 71.4 Å². The van der Waals surface area contributed by atoms with Crippen LogP contribution in [0.15, 0.2) is 12.3 Å². The number of aryl methyl sites for hydroxylation is 1. The fourth-order valence-corrected chi connectivity index (χ4v) is 3.59. The minimum atomic E-state index is 0.194. The predicted molar refractivity (Wildman–Crippen MR) is 90.8 cm³/mol. The summed E-state index contributed by atoms with van der Waals surface area (Å²) in [6.45, 7) is 6.53. The highest BCUT2D eigenvalue weighted by Crippen LogP contribution is 2.31. The topological polar surface area (TPSA) is 42.2 Å². The molecular formula is C18H31N3. The Kier molecular flexibility index (Phi) is 5.63. The van der Waals surface area contributed by atoms with Gasteiger partial charge in [-0.15, -0.1) is 0 Å². The van der Waals surface area contributed by atoms with Crippen LogP contribution in [-0.4, -0.2) is 24.1 Å². The minimum absolute atomic E-state index is 0.194. The van der Waals surface area contributed by atoms with Crippen LogP contribution in [0.3, 0.4) is 0 Å². The maximum absolute atomic E-state index is 5.88. The van der Waals surface area contributed by atoms with Crippen LogP contribution in [0.1, 0.15) is 57.1 Å². The van der Waals surface area contributed by atoms with Crippen molar-refractivity contribution in [2.24, 2.45) is 11.7 Å². The Bertz CT molecular complexity index is 448. The molecule has 0 radical (unpaired) electrons. The van der Waals surface area contributed by atoms with Gasteiger partial charge >= 0.3 is 0 Å². The molecule has 1 heterocycles. The highest BCUT2D eigenvalue weighted by atomic mass is 15.2. The molecule has 0 spiro atoms. The number of hydrogen-bond acceptors (Lipinski definition) is 3. The van der Waals surface area contributed by atoms with Crippen LogP contribution in [0.2, 0.25) is 0 Å². The van der Waals surface area contributed by atoms with Crippen LogP contribution in [0.25, 0.3) is 0 Å². The van der Waals surface area contributed by atoms with Gasteiger partial charge in [0.15, 0.2) is 0 Å². The second-order valence-electron chi connectivity index (χ2n) is 6.86. The molecular weight excluding hydrogens is 258 g/mol. The van der Waals surface area contributed by atoms with Gasteiger partial charge in [-0.05, 0) is 63.0 Å². The minimum Gasteiger partial charge on any atom is -0.356 e. The average Bonchev–Trinajstić information content (AvgIpc) is 2.46. The summed E-state index contributed by atoms with van der Waals surface area (Å²) in [6.07, 6.45) is 9.58. The molecule has 2 N–H and O–H groups in total. The zero-order chi connectivity index (χ0) is 15.4. The standard InChI is InChI=1S/C18H31N3/c1-5-15-6-8-17(9-7-15)21(4)18-13(2)10-16(12-20-18)11-14(3)19/h10,12,14-15,17H,5-9,11,19H2,1-4H3. The van der Waals surface area contributed by atoms with Crippen LogP contribution in [0, 0.1) is 12.8 Å². The fourth-order valence-electron chi connectivity index (χ4n) is 3.59. The third-order valence-corrected chi connectivity index (χ3v) is 4.94. The third-order valence-electron chi connectivity index (χ3n) is 4.94. The average molecular weight is 289 g/mol. The number of nitrogens with two attached hydrogens (primary N) is 1. The van der Waals surface area contributed by atoms with Gasteiger partial charge < -0.3 is 10.6 Å². The fraction of sp³-hybridized carbons (Fsp3) is 0.722. The molecule has 1 fully saturated rings. The number of pyridine rings is 1. The number of aromatic nitrogens is 1. The SMILES string of the molecule is CCC1CCC(N(C)c2ncc(CC(C)N)cc2C)CC1. The molecule has 3 heteroatoms. The van der Waals surface area contributed by atoms with E-state index < -0.39 is 0 Å². The summed E-state index contributed by atoms with van der Waals surface area (Å²) >= 11 is 0. The van der Waals surface area contributed by atoms with E-state index in [1.165, 1.54) is 43.2 Å². The normalized spacial score (nSPS) is 23.9. The van der Waals surface area contributed by atoms with Gasteiger partial charge in [-0.3, -0.25) is 0 Å². The lowest BCUT2D eigenvalue weighted by molar-refractivity contribution is 0.312. The van der Waals surface area contributed by atoms with E-state index in [2.05, 4.69) is 31.9 Å². The molecule has 0 bridgehead atoms. The van der Waals surface area contributed by atoms with Gasteiger partial charge in [-0.2, -0.15) is 0 Å². The monoisotopic (exact) mass is 289 g/mol. The van der Waals surface area contributed by atoms with Crippen LogP contribution in [-0.2, 0) is 6.42 Å². The second kappa shape index (κ2) is 7.26. The lowest BCUT2D eigenvalue weighted by Gasteiger charge is -2.35. The summed E-state index contributed by atoms with van der Waals surface area (Å²) in [5, 5.41) is 0. The van der Waals surface area contributed by atoms with Crippen molar-refractivity contribution >= 4 is 5.82 Å². The first-order valence-electron chi connectivity index (χ1n) is 8.45. The van der Waals surface area contributed by atoms with Crippen molar-refractivity contribution in [1.29, 1.82) is 0 Å². The quantitative estimate of drug-likeness (QED) is 0.899. The van der Waals surface area contributed by atoms with Crippen molar-refractivity contribution in [2.75, 3.05) is 11.9 Å². The Labute approximate surface area is 129 Å². The Hall–Kier alpha value is -1.09. The maximum atomic E-state index is 5.88. The molecule has 21 heavy (non-hydrogen) atoms. The number of nitrogens with zero attached hydrogens (tertiary/aromatic N) is 2. The van der Waals surface area contributed by atoms with Crippen LogP contribution in [0.4, 0.5) is 5.82 Å². The summed E-state index contributed by atoms with van der Waals surface area (Å²) in [7, 11) is 2.21. The molecule has 118 valence electrons. The highest BCUT2D eigenvalue weighted by Gasteiger charge is 2.24. The number of anilines is 1. The molecule has 0 aromatic carbocycles. The second-order valence-corrected chi connectivity index (χ2v) is 6.86. The molecule has 0 amide bonds. The summed E-state index contributed by atoms with van der Waals surface area (Å²) in [5.41, 5.74) is 8.39. The van der Waals surface area contributed by atoms with E-state index in [4.69, 9.17) is 10.7 Å². The molecule has 1 unspecified atom stereocenters. The molecule has 1 saturated carbocycles. The van der Waals surface area contributed by atoms with E-state index >= 15 is 0 Å². The third kappa shape index (κ3) is 4.19. The van der Waals surface area contributed by atoms with Crippen LogP contribution >= 0.6 is 0 Å². The predicted octanol–water partition coefficient (Wildman–Crippen LogP) is 3.68. The first kappa shape index (κ1) is 16.3. The lowest BCUT2D eigenvalue weighted by Crippen LogP contribution is -2.36. The Morgan fingerprint density at radius 2 is 2.00 bits per heavy atom. The van der Waals surface area contributed by atoms with Gasteiger partial charge in [0.1, 0.15) is 5.82 Å². The Balaban J connectivity index is 2.04. The maximum Gasteiger partial charge on any atom is 0.131 e. The van der Waals surface area contributed by atoms with Gasteiger partial charge in [-0.1, -0.05) is 19.4 Å². The molecule has 1 aliphatic rings. The van der Waals surface area contributed by atoms with Crippen molar-refractivity contribution < 1.29 is 0 Å². The van der Waals surface area contributed by atoms with E-state index in [1.54, 1.807) is 0 Å². The van der Waals surface area contributed by atoms with Gasteiger partial charge in [0.25, 0.3) is 0 Å². The van der Waals surface area contributed by atoms with Gasteiger partial charge in [0, 0.05) is 25.3 Å². The summed E-state index contributed by atoms with van der Waals surface area (Å²) in [5.74, 6) is 2.08. The van der Waals surface area contributed by atoms with Gasteiger partial charge in [-0.25, -0.2) is 4.98 Å². The van der Waals surface area contributed by atoms with Crippen LogP contribution < -0.4 is 10.6 Å². The van der Waals surface area contributed by atoms with Crippen molar-refractivity contribution in [1.82, 2.24) is 4.98 Å². The van der Waals surface area contributed by atoms with Crippen molar-refractivity contribution in [3.63, 3.8) is 0 Å².